The summed E-state index contributed by atoms with van der Waals surface area (Å²) in [6.07, 6.45) is 16.4. The number of quaternary nitrogens is 2. The van der Waals surface area contributed by atoms with Crippen molar-refractivity contribution in [3.63, 3.8) is 0 Å². The van der Waals surface area contributed by atoms with E-state index >= 15 is 0 Å². The zero-order valence-electron chi connectivity index (χ0n) is 38.0. The number of aromatic nitrogens is 2. The molecule has 6 nitrogen and oxygen atoms in total. The number of hydrogen-bond acceptors (Lipinski definition) is 4. The highest BCUT2D eigenvalue weighted by atomic mass is 16.5. The van der Waals surface area contributed by atoms with Gasteiger partial charge in [-0.15, -0.1) is 13.2 Å². The Balaban J connectivity index is 0.976. The van der Waals surface area contributed by atoms with Crippen LogP contribution < -0.4 is 0 Å². The number of fused-ring (bicyclic) bond motifs is 9. The van der Waals surface area contributed by atoms with Crippen LogP contribution in [-0.4, -0.2) is 77.0 Å². The highest BCUT2D eigenvalue weighted by molar-refractivity contribution is 5.85. The van der Waals surface area contributed by atoms with E-state index in [4.69, 9.17) is 19.4 Å². The van der Waals surface area contributed by atoms with Gasteiger partial charge >= 0.3 is 0 Å². The summed E-state index contributed by atoms with van der Waals surface area (Å²) in [5.41, 5.74) is 7.59. The van der Waals surface area contributed by atoms with Gasteiger partial charge in [-0.25, -0.2) is 0 Å². The number of hydrogen-bond donors (Lipinski definition) is 0. The van der Waals surface area contributed by atoms with E-state index in [1.54, 1.807) is 0 Å². The molecule has 0 saturated carbocycles. The van der Waals surface area contributed by atoms with Crippen LogP contribution in [-0.2, 0) is 16.0 Å². The number of piperidine rings is 6. The maximum absolute atomic E-state index is 6.92. The standard InChI is InChI=1S/C57H68N4O2/c1-6-14-46-33-45-35-54(56(62-29-7-2)49-23-26-58-52-17-12-10-15-47(49)52)60(46,5)38-51(45)43-22-21-41-20-19-39(31-44(41)32-43)36-61-28-25-42(40(9-4)37-61)34-55(61)57(63-30-8-3)50-24-27-59-53-18-13-11-16-48(50)53/h7-8,10-13,15-24,26-27,31-32,40,42,45-46,51,54-57H,2-3,6,9,14,25,28-30,33-38H2,1,4-5H3/q+2/t40-,42-,45+,46?,51?,54+,55+,56+,57+,60-,61+/m0/s1. The Kier molecular flexibility index (Phi) is 11.9. The van der Waals surface area contributed by atoms with Gasteiger partial charge in [0.1, 0.15) is 30.8 Å². The molecule has 326 valence electrons. The molecule has 0 spiro atoms. The van der Waals surface area contributed by atoms with E-state index in [2.05, 4.69) is 131 Å². The second-order valence-electron chi connectivity index (χ2n) is 20.0. The van der Waals surface area contributed by atoms with Gasteiger partial charge in [-0.2, -0.15) is 0 Å². The van der Waals surface area contributed by atoms with Crippen LogP contribution in [0.1, 0.15) is 99.2 Å². The average molecular weight is 841 g/mol. The van der Waals surface area contributed by atoms with Gasteiger partial charge in [-0.3, -0.25) is 9.97 Å². The third-order valence-corrected chi connectivity index (χ3v) is 16.8. The van der Waals surface area contributed by atoms with Gasteiger partial charge in [0, 0.05) is 66.2 Å². The van der Waals surface area contributed by atoms with Crippen molar-refractivity contribution < 1.29 is 18.4 Å². The minimum Gasteiger partial charge on any atom is -0.363 e. The third kappa shape index (κ3) is 7.65. The molecular formula is C57H68N4O2+2. The summed E-state index contributed by atoms with van der Waals surface area (Å²) in [7, 11) is 2.57. The molecule has 6 heteroatoms. The van der Waals surface area contributed by atoms with E-state index in [1.807, 2.05) is 24.5 Å². The minimum absolute atomic E-state index is 0.0225. The summed E-state index contributed by atoms with van der Waals surface area (Å²) in [6, 6.07) is 37.8. The first-order valence-electron chi connectivity index (χ1n) is 24.2. The molecule has 6 aliphatic rings. The molecule has 63 heavy (non-hydrogen) atoms. The van der Waals surface area contributed by atoms with Crippen LogP contribution in [0.15, 0.2) is 135 Å². The number of rotatable bonds is 16. The quantitative estimate of drug-likeness (QED) is 0.0719. The Morgan fingerprint density at radius 2 is 1.37 bits per heavy atom. The topological polar surface area (TPSA) is 44.2 Å². The molecule has 6 fully saturated rings. The molecule has 4 aromatic carbocycles. The van der Waals surface area contributed by atoms with Crippen LogP contribution in [0.25, 0.3) is 32.6 Å². The Morgan fingerprint density at radius 1 is 0.714 bits per heavy atom. The van der Waals surface area contributed by atoms with E-state index in [0.717, 1.165) is 51.3 Å². The molecule has 6 aromatic rings. The summed E-state index contributed by atoms with van der Waals surface area (Å²) in [5.74, 6) is 2.61. The maximum atomic E-state index is 6.92. The monoisotopic (exact) mass is 841 g/mol. The highest BCUT2D eigenvalue weighted by Gasteiger charge is 2.58. The maximum Gasteiger partial charge on any atom is 0.135 e. The van der Waals surface area contributed by atoms with Gasteiger partial charge < -0.3 is 18.4 Å². The Hall–Kier alpha value is -4.72. The highest BCUT2D eigenvalue weighted by Crippen LogP contribution is 2.54. The summed E-state index contributed by atoms with van der Waals surface area (Å²) >= 11 is 0. The SMILES string of the molecule is C=CCO[C@H](c1ccnc2ccccc12)[C@H]1C[C@@H]2CC[N@@+]1(Cc1ccc3ccc(C4C[N@@+]5(C)C(CCC)C[C@@H]4C[C@@H]5[C@H](OCC=C)c4ccnc5ccccc45)cc3c1)C[C@@H]2CC. The second kappa shape index (κ2) is 17.7. The molecule has 2 aromatic heterocycles. The van der Waals surface area contributed by atoms with Crippen molar-refractivity contribution >= 4 is 32.6 Å². The number of nitrogens with zero attached hydrogens (tertiary/aromatic N) is 4. The van der Waals surface area contributed by atoms with Crippen molar-refractivity contribution in [2.75, 3.05) is 39.9 Å². The van der Waals surface area contributed by atoms with E-state index in [9.17, 15) is 0 Å². The number of benzene rings is 4. The minimum atomic E-state index is -0.0239. The molecule has 6 saturated heterocycles. The van der Waals surface area contributed by atoms with E-state index in [0.29, 0.717) is 43.2 Å². The first-order chi connectivity index (χ1) is 30.9. The van der Waals surface area contributed by atoms with Crippen molar-refractivity contribution in [2.24, 2.45) is 17.8 Å². The van der Waals surface area contributed by atoms with Crippen molar-refractivity contribution in [1.29, 1.82) is 0 Å². The molecule has 12 rings (SSSR count). The van der Waals surface area contributed by atoms with Crippen LogP contribution in [0.5, 0.6) is 0 Å². The number of likely N-dealkylation sites (N-methyl/N-ethyl adjacent to an activating group) is 1. The molecule has 6 aliphatic heterocycles. The van der Waals surface area contributed by atoms with Crippen LogP contribution in [0.4, 0.5) is 0 Å². The molecule has 2 unspecified atom stereocenters. The van der Waals surface area contributed by atoms with E-state index < -0.39 is 0 Å². The summed E-state index contributed by atoms with van der Waals surface area (Å²) in [4.78, 5) is 9.50. The van der Waals surface area contributed by atoms with Crippen molar-refractivity contribution in [3.8, 4) is 0 Å². The second-order valence-corrected chi connectivity index (χ2v) is 20.0. The largest absolute Gasteiger partial charge is 0.363 e. The van der Waals surface area contributed by atoms with Crippen molar-refractivity contribution in [3.05, 3.63) is 157 Å². The fourth-order valence-electron chi connectivity index (χ4n) is 13.8. The number of para-hydroxylation sites is 2. The lowest BCUT2D eigenvalue weighted by atomic mass is 9.66. The van der Waals surface area contributed by atoms with Crippen LogP contribution in [0.3, 0.4) is 0 Å². The van der Waals surface area contributed by atoms with Gasteiger partial charge in [0.15, 0.2) is 0 Å². The lowest BCUT2D eigenvalue weighted by molar-refractivity contribution is -0.986. The van der Waals surface area contributed by atoms with E-state index in [-0.39, 0.29) is 12.2 Å². The molecule has 0 N–H and O–H groups in total. The van der Waals surface area contributed by atoms with E-state index in [1.165, 1.54) is 95.4 Å². The fourth-order valence-corrected chi connectivity index (χ4v) is 13.8. The Morgan fingerprint density at radius 3 is 2.03 bits per heavy atom. The zero-order chi connectivity index (χ0) is 43.1. The first-order valence-corrected chi connectivity index (χ1v) is 24.2. The first kappa shape index (κ1) is 42.2. The van der Waals surface area contributed by atoms with Crippen LogP contribution >= 0.6 is 0 Å². The van der Waals surface area contributed by atoms with Gasteiger partial charge in [-0.1, -0.05) is 99.2 Å². The lowest BCUT2D eigenvalue weighted by Crippen LogP contribution is -2.70. The van der Waals surface area contributed by atoms with Crippen molar-refractivity contribution in [2.45, 2.75) is 102 Å². The molecule has 11 atom stereocenters. The zero-order valence-corrected chi connectivity index (χ0v) is 38.0. The summed E-state index contributed by atoms with van der Waals surface area (Å²) in [6.45, 7) is 18.6. The predicted octanol–water partition coefficient (Wildman–Crippen LogP) is 12.5. The number of pyridine rings is 2. The van der Waals surface area contributed by atoms with Gasteiger partial charge in [-0.05, 0) is 82.5 Å². The summed E-state index contributed by atoms with van der Waals surface area (Å²) in [5, 5.41) is 5.14. The molecule has 0 radical (unpaired) electrons. The Labute approximate surface area is 375 Å². The third-order valence-electron chi connectivity index (χ3n) is 16.8. The Bertz CT molecular complexity index is 2600. The molecular weight excluding hydrogens is 773 g/mol. The van der Waals surface area contributed by atoms with Gasteiger partial charge in [0.25, 0.3) is 0 Å². The van der Waals surface area contributed by atoms with Crippen molar-refractivity contribution in [1.82, 2.24) is 9.97 Å². The molecule has 8 heterocycles. The van der Waals surface area contributed by atoms with Crippen LogP contribution in [0, 0.1) is 17.8 Å². The average Bonchev–Trinajstić information content (AvgIpc) is 3.32. The number of ether oxygens (including phenoxy) is 2. The normalized spacial score (nSPS) is 29.9. The smallest absolute Gasteiger partial charge is 0.135 e. The fraction of sp³-hybridized carbons (Fsp3) is 0.439. The predicted molar refractivity (Wildman–Crippen MR) is 258 cm³/mol. The summed E-state index contributed by atoms with van der Waals surface area (Å²) < 4.78 is 15.9. The molecule has 0 amide bonds. The van der Waals surface area contributed by atoms with Gasteiger partial charge in [0.05, 0.1) is 57.0 Å². The van der Waals surface area contributed by atoms with Crippen LogP contribution in [0.2, 0.25) is 0 Å². The molecule has 4 bridgehead atoms. The van der Waals surface area contributed by atoms with Gasteiger partial charge in [0.2, 0.25) is 0 Å². The molecule has 0 aliphatic carbocycles. The lowest BCUT2D eigenvalue weighted by Gasteiger charge is -2.61.